The fourth-order valence-corrected chi connectivity index (χ4v) is 1.46. The van der Waals surface area contributed by atoms with Crippen LogP contribution in [0.15, 0.2) is 24.4 Å². The monoisotopic (exact) mass is 249 g/mol. The summed E-state index contributed by atoms with van der Waals surface area (Å²) in [6.45, 7) is 0. The molecule has 0 aliphatic rings. The Bertz CT molecular complexity index is 553. The summed E-state index contributed by atoms with van der Waals surface area (Å²) in [4.78, 5) is 7.76. The minimum atomic E-state index is -0.645. The van der Waals surface area contributed by atoms with Crippen LogP contribution in [0.5, 0.6) is 11.5 Å². The summed E-state index contributed by atoms with van der Waals surface area (Å²) in [5.74, 6) is 0.660. The first kappa shape index (κ1) is 12.1. The molecule has 0 bridgehead atoms. The second-order valence-corrected chi connectivity index (χ2v) is 3.53. The van der Waals surface area contributed by atoms with Gasteiger partial charge < -0.3 is 15.2 Å². The number of nitrogens with two attached hydrogens (primary N) is 1. The molecule has 0 unspecified atom stereocenters. The number of hydrogen-bond donors (Lipinski definition) is 1. The summed E-state index contributed by atoms with van der Waals surface area (Å²) < 4.78 is 23.3. The molecule has 0 saturated heterocycles. The molecule has 2 rings (SSSR count). The van der Waals surface area contributed by atoms with E-state index in [4.69, 9.17) is 15.2 Å². The number of nitrogens with zero attached hydrogens (tertiary/aromatic N) is 2. The van der Waals surface area contributed by atoms with Crippen LogP contribution in [0.3, 0.4) is 0 Å². The van der Waals surface area contributed by atoms with E-state index in [-0.39, 0.29) is 5.82 Å². The third-order valence-electron chi connectivity index (χ3n) is 2.38. The van der Waals surface area contributed by atoms with Gasteiger partial charge in [-0.3, -0.25) is 0 Å². The maximum Gasteiger partial charge on any atom is 0.183 e. The van der Waals surface area contributed by atoms with Crippen LogP contribution in [0.25, 0.3) is 11.4 Å². The van der Waals surface area contributed by atoms with Crippen molar-refractivity contribution in [2.45, 2.75) is 0 Å². The quantitative estimate of drug-likeness (QED) is 0.899. The Balaban J connectivity index is 2.51. The molecule has 2 N–H and O–H groups in total. The van der Waals surface area contributed by atoms with Crippen molar-refractivity contribution in [1.29, 1.82) is 0 Å². The number of hydrogen-bond acceptors (Lipinski definition) is 5. The fraction of sp³-hybridized carbons (Fsp3) is 0.167. The largest absolute Gasteiger partial charge is 0.497 e. The van der Waals surface area contributed by atoms with Crippen LogP contribution in [-0.4, -0.2) is 24.2 Å². The minimum absolute atomic E-state index is 0.193. The number of ether oxygens (including phenoxy) is 2. The van der Waals surface area contributed by atoms with Gasteiger partial charge in [-0.15, -0.1) is 0 Å². The summed E-state index contributed by atoms with van der Waals surface area (Å²) >= 11 is 0. The average Bonchev–Trinajstić information content (AvgIpc) is 2.41. The van der Waals surface area contributed by atoms with Gasteiger partial charge in [0.1, 0.15) is 11.5 Å². The smallest absolute Gasteiger partial charge is 0.183 e. The van der Waals surface area contributed by atoms with Gasteiger partial charge in [0.15, 0.2) is 17.5 Å². The minimum Gasteiger partial charge on any atom is -0.497 e. The zero-order valence-corrected chi connectivity index (χ0v) is 9.98. The van der Waals surface area contributed by atoms with E-state index in [1.54, 1.807) is 32.4 Å². The number of rotatable bonds is 3. The van der Waals surface area contributed by atoms with E-state index in [0.717, 1.165) is 6.20 Å². The van der Waals surface area contributed by atoms with Crippen molar-refractivity contribution >= 4 is 5.82 Å². The molecule has 0 atom stereocenters. The van der Waals surface area contributed by atoms with Crippen molar-refractivity contribution in [1.82, 2.24) is 9.97 Å². The van der Waals surface area contributed by atoms with Crippen LogP contribution in [0.4, 0.5) is 10.2 Å². The number of methoxy groups -OCH3 is 2. The predicted octanol–water partition coefficient (Wildman–Crippen LogP) is 1.88. The van der Waals surface area contributed by atoms with Crippen molar-refractivity contribution in [3.05, 3.63) is 30.2 Å². The van der Waals surface area contributed by atoms with E-state index in [1.165, 1.54) is 0 Å². The first-order valence-electron chi connectivity index (χ1n) is 5.15. The van der Waals surface area contributed by atoms with Crippen molar-refractivity contribution in [3.8, 4) is 22.9 Å². The van der Waals surface area contributed by atoms with Gasteiger partial charge in [-0.25, -0.2) is 14.4 Å². The van der Waals surface area contributed by atoms with E-state index >= 15 is 0 Å². The summed E-state index contributed by atoms with van der Waals surface area (Å²) in [5, 5.41) is 0. The molecule has 1 aromatic heterocycles. The highest BCUT2D eigenvalue weighted by Gasteiger charge is 2.09. The molecule has 0 amide bonds. The van der Waals surface area contributed by atoms with E-state index in [0.29, 0.717) is 22.9 Å². The second kappa shape index (κ2) is 4.87. The van der Waals surface area contributed by atoms with Gasteiger partial charge in [0.25, 0.3) is 0 Å². The van der Waals surface area contributed by atoms with Gasteiger partial charge in [0.2, 0.25) is 0 Å². The average molecular weight is 249 g/mol. The van der Waals surface area contributed by atoms with E-state index < -0.39 is 5.82 Å². The van der Waals surface area contributed by atoms with Crippen LogP contribution in [0.2, 0.25) is 0 Å². The number of anilines is 1. The molecule has 0 aliphatic carbocycles. The molecule has 18 heavy (non-hydrogen) atoms. The number of aromatic nitrogens is 2. The lowest BCUT2D eigenvalue weighted by atomic mass is 10.2. The van der Waals surface area contributed by atoms with Crippen LogP contribution in [-0.2, 0) is 0 Å². The third-order valence-corrected chi connectivity index (χ3v) is 2.38. The highest BCUT2D eigenvalue weighted by Crippen LogP contribution is 2.28. The zero-order valence-electron chi connectivity index (χ0n) is 9.98. The Morgan fingerprint density at radius 1 is 1.11 bits per heavy atom. The maximum atomic E-state index is 13.0. The molecule has 0 saturated carbocycles. The van der Waals surface area contributed by atoms with Gasteiger partial charge in [0.05, 0.1) is 20.4 Å². The lowest BCUT2D eigenvalue weighted by molar-refractivity contribution is 0.394. The van der Waals surface area contributed by atoms with Crippen molar-refractivity contribution < 1.29 is 13.9 Å². The molecular weight excluding hydrogens is 237 g/mol. The standard InChI is InChI=1S/C12H12FN3O2/c1-17-8-3-7(4-9(5-8)18-2)12-15-6-10(13)11(14)16-12/h3-6H,1-2H3,(H2,14,15,16). The topological polar surface area (TPSA) is 70.3 Å². The molecule has 94 valence electrons. The maximum absolute atomic E-state index is 13.0. The van der Waals surface area contributed by atoms with Crippen molar-refractivity contribution in [3.63, 3.8) is 0 Å². The van der Waals surface area contributed by atoms with Crippen molar-refractivity contribution in [2.75, 3.05) is 20.0 Å². The highest BCUT2D eigenvalue weighted by molar-refractivity contribution is 5.61. The molecule has 6 heteroatoms. The summed E-state index contributed by atoms with van der Waals surface area (Å²) in [6.07, 6.45) is 1.03. The molecule has 1 heterocycles. The summed E-state index contributed by atoms with van der Waals surface area (Å²) in [6, 6.07) is 5.15. The van der Waals surface area contributed by atoms with Gasteiger partial charge >= 0.3 is 0 Å². The molecule has 0 spiro atoms. The Kier molecular flexibility index (Phi) is 3.27. The molecule has 1 aromatic carbocycles. The molecule has 2 aromatic rings. The van der Waals surface area contributed by atoms with Crippen LogP contribution < -0.4 is 15.2 Å². The molecule has 0 fully saturated rings. The summed E-state index contributed by atoms with van der Waals surface area (Å²) in [7, 11) is 3.08. The highest BCUT2D eigenvalue weighted by atomic mass is 19.1. The summed E-state index contributed by atoms with van der Waals surface area (Å²) in [5.41, 5.74) is 6.05. The first-order chi connectivity index (χ1) is 8.63. The number of halogens is 1. The number of benzene rings is 1. The lowest BCUT2D eigenvalue weighted by Gasteiger charge is -2.08. The third kappa shape index (κ3) is 2.32. The van der Waals surface area contributed by atoms with Gasteiger partial charge in [-0.2, -0.15) is 0 Å². The van der Waals surface area contributed by atoms with Crippen LogP contribution >= 0.6 is 0 Å². The van der Waals surface area contributed by atoms with Gasteiger partial charge in [-0.1, -0.05) is 0 Å². The SMILES string of the molecule is COc1cc(OC)cc(-c2ncc(F)c(N)n2)c1. The first-order valence-corrected chi connectivity index (χ1v) is 5.15. The molecular formula is C12H12FN3O2. The van der Waals surface area contributed by atoms with Crippen LogP contribution in [0.1, 0.15) is 0 Å². The molecule has 0 radical (unpaired) electrons. The second-order valence-electron chi connectivity index (χ2n) is 3.53. The Labute approximate surface area is 103 Å². The molecule has 0 aliphatic heterocycles. The Morgan fingerprint density at radius 2 is 1.72 bits per heavy atom. The van der Waals surface area contributed by atoms with Gasteiger partial charge in [-0.05, 0) is 12.1 Å². The molecule has 5 nitrogen and oxygen atoms in total. The van der Waals surface area contributed by atoms with Crippen molar-refractivity contribution in [2.24, 2.45) is 0 Å². The Hall–Kier alpha value is -2.37. The zero-order chi connectivity index (χ0) is 13.1. The predicted molar refractivity (Wildman–Crippen MR) is 64.9 cm³/mol. The van der Waals surface area contributed by atoms with E-state index in [2.05, 4.69) is 9.97 Å². The van der Waals surface area contributed by atoms with E-state index in [9.17, 15) is 4.39 Å². The van der Waals surface area contributed by atoms with Crippen LogP contribution in [0, 0.1) is 5.82 Å². The van der Waals surface area contributed by atoms with Gasteiger partial charge in [0, 0.05) is 11.6 Å². The normalized spacial score (nSPS) is 10.2. The van der Waals surface area contributed by atoms with E-state index in [1.807, 2.05) is 0 Å². The Morgan fingerprint density at radius 3 is 2.22 bits per heavy atom. The fourth-order valence-electron chi connectivity index (χ4n) is 1.46. The number of nitrogen functional groups attached to an aromatic ring is 1. The lowest BCUT2D eigenvalue weighted by Crippen LogP contribution is -1.99.